The largest absolute Gasteiger partial charge is 0.510 e. The Morgan fingerprint density at radius 2 is 1.92 bits per heavy atom. The molecule has 0 unspecified atom stereocenters. The van der Waals surface area contributed by atoms with Crippen LogP contribution >= 0.6 is 0 Å². The van der Waals surface area contributed by atoms with E-state index >= 15 is 0 Å². The van der Waals surface area contributed by atoms with Crippen molar-refractivity contribution in [3.63, 3.8) is 0 Å². The molecule has 2 aromatic rings. The smallest absolute Gasteiger partial charge is 0.306 e. The van der Waals surface area contributed by atoms with Crippen LogP contribution in [0.4, 0.5) is 10.5 Å². The fourth-order valence-electron chi connectivity index (χ4n) is 2.15. The minimum Gasteiger partial charge on any atom is -0.510 e. The van der Waals surface area contributed by atoms with E-state index in [4.69, 9.17) is 4.74 Å². The number of carbonyl (C=O) groups excluding carboxylic acids is 2. The number of ether oxygens (including phenoxy) is 1. The molecule has 0 bridgehead atoms. The molecule has 0 aliphatic heterocycles. The molecule has 25 heavy (non-hydrogen) atoms. The number of carbonyl (C=O) groups is 2. The first kappa shape index (κ1) is 18.1. The van der Waals surface area contributed by atoms with Crippen LogP contribution in [0.3, 0.4) is 0 Å². The summed E-state index contributed by atoms with van der Waals surface area (Å²) in [6.45, 7) is 0.649. The highest BCUT2D eigenvalue weighted by atomic mass is 16.6. The van der Waals surface area contributed by atoms with Crippen molar-refractivity contribution >= 4 is 17.7 Å². The summed E-state index contributed by atoms with van der Waals surface area (Å²) in [6.07, 6.45) is 4.64. The van der Waals surface area contributed by atoms with Crippen LogP contribution in [0.5, 0.6) is 0 Å². The highest BCUT2D eigenvalue weighted by Crippen LogP contribution is 2.12. The van der Waals surface area contributed by atoms with Crippen molar-refractivity contribution in [2.45, 2.75) is 32.4 Å². The lowest BCUT2D eigenvalue weighted by molar-refractivity contribution is -0.696. The van der Waals surface area contributed by atoms with Crippen molar-refractivity contribution in [2.24, 2.45) is 0 Å². The van der Waals surface area contributed by atoms with E-state index < -0.39 is 11.0 Å². The number of hydrogen-bond donors (Lipinski definition) is 0. The molecule has 0 amide bonds. The molecule has 0 aliphatic carbocycles. The standard InChI is InChI=1S/C16H17N3O6/c20-15(25-11-13-4-6-14(7-5-13)19(23)24)3-1-2-8-17-9-10-18(12-17)16(21)22/h4-7,9-10,12H,1-3,8,11H2. The lowest BCUT2D eigenvalue weighted by atomic mass is 10.2. The van der Waals surface area contributed by atoms with Crippen LogP contribution in [-0.4, -0.2) is 21.6 Å². The predicted octanol–water partition coefficient (Wildman–Crippen LogP) is 0.789. The molecule has 0 saturated carbocycles. The maximum Gasteiger partial charge on any atom is 0.306 e. The summed E-state index contributed by atoms with van der Waals surface area (Å²) in [6, 6.07) is 5.81. The van der Waals surface area contributed by atoms with Gasteiger partial charge in [0, 0.05) is 18.6 Å². The Morgan fingerprint density at radius 3 is 2.52 bits per heavy atom. The van der Waals surface area contributed by atoms with Crippen molar-refractivity contribution in [1.82, 2.24) is 4.57 Å². The maximum atomic E-state index is 11.7. The van der Waals surface area contributed by atoms with E-state index in [1.807, 2.05) is 0 Å². The molecule has 0 N–H and O–H groups in total. The number of carboxylic acid groups (broad SMARTS) is 1. The molecule has 9 heteroatoms. The monoisotopic (exact) mass is 347 g/mol. The van der Waals surface area contributed by atoms with Gasteiger partial charge < -0.3 is 14.6 Å². The van der Waals surface area contributed by atoms with Crippen LogP contribution < -0.4 is 9.67 Å². The number of imidazole rings is 1. The minimum atomic E-state index is -1.30. The Bertz CT molecular complexity index is 753. The number of aryl methyl sites for hydroxylation is 1. The zero-order valence-corrected chi connectivity index (χ0v) is 13.4. The molecule has 1 aromatic heterocycles. The number of nitro groups is 1. The molecule has 0 fully saturated rings. The Morgan fingerprint density at radius 1 is 1.20 bits per heavy atom. The SMILES string of the molecule is O=C(CCCC[n+]1ccn(C(=O)[O-])c1)OCc1ccc([N+](=O)[O-])cc1. The molecule has 0 spiro atoms. The van der Waals surface area contributed by atoms with Crippen LogP contribution in [0.25, 0.3) is 0 Å². The summed E-state index contributed by atoms with van der Waals surface area (Å²) >= 11 is 0. The van der Waals surface area contributed by atoms with Crippen LogP contribution in [0.15, 0.2) is 43.0 Å². The number of nitro benzene ring substituents is 1. The van der Waals surface area contributed by atoms with E-state index in [-0.39, 0.29) is 24.7 Å². The zero-order valence-electron chi connectivity index (χ0n) is 13.4. The van der Waals surface area contributed by atoms with Crippen molar-refractivity contribution in [3.8, 4) is 0 Å². The fraction of sp³-hybridized carbons (Fsp3) is 0.312. The van der Waals surface area contributed by atoms with Crippen molar-refractivity contribution in [1.29, 1.82) is 0 Å². The van der Waals surface area contributed by atoms with Gasteiger partial charge >= 0.3 is 5.97 Å². The van der Waals surface area contributed by atoms with E-state index in [1.54, 1.807) is 22.9 Å². The van der Waals surface area contributed by atoms with Gasteiger partial charge in [-0.15, -0.1) is 0 Å². The highest BCUT2D eigenvalue weighted by molar-refractivity contribution is 5.69. The van der Waals surface area contributed by atoms with Crippen LogP contribution in [-0.2, 0) is 22.7 Å². The van der Waals surface area contributed by atoms with Crippen molar-refractivity contribution in [3.05, 3.63) is 58.7 Å². The van der Waals surface area contributed by atoms with E-state index in [1.165, 1.54) is 24.7 Å². The molecule has 0 saturated heterocycles. The first-order chi connectivity index (χ1) is 12.0. The van der Waals surface area contributed by atoms with Gasteiger partial charge in [-0.05, 0) is 30.5 Å². The first-order valence-electron chi connectivity index (χ1n) is 7.63. The fourth-order valence-corrected chi connectivity index (χ4v) is 2.15. The van der Waals surface area contributed by atoms with Crippen molar-refractivity contribution < 1.29 is 28.9 Å². The lowest BCUT2D eigenvalue weighted by Gasteiger charge is -2.04. The van der Waals surface area contributed by atoms with Crippen LogP contribution in [0.2, 0.25) is 0 Å². The summed E-state index contributed by atoms with van der Waals surface area (Å²) in [4.78, 5) is 32.3. The Labute approximate surface area is 143 Å². The number of nitrogens with zero attached hydrogens (tertiary/aromatic N) is 3. The van der Waals surface area contributed by atoms with Gasteiger partial charge in [0.05, 0.1) is 11.5 Å². The molecule has 1 aromatic carbocycles. The molecular formula is C16H17N3O6. The van der Waals surface area contributed by atoms with Gasteiger partial charge in [-0.25, -0.2) is 4.57 Å². The number of hydrogen-bond acceptors (Lipinski definition) is 6. The average molecular weight is 347 g/mol. The van der Waals surface area contributed by atoms with E-state index in [0.29, 0.717) is 24.9 Å². The highest BCUT2D eigenvalue weighted by Gasteiger charge is 2.08. The van der Waals surface area contributed by atoms with E-state index in [9.17, 15) is 24.8 Å². The van der Waals surface area contributed by atoms with Gasteiger partial charge in [0.1, 0.15) is 19.0 Å². The number of non-ortho nitro benzene ring substituents is 1. The average Bonchev–Trinajstić information content (AvgIpc) is 3.06. The summed E-state index contributed by atoms with van der Waals surface area (Å²) < 4.78 is 7.75. The minimum absolute atomic E-state index is 0.0138. The molecule has 2 rings (SSSR count). The third-order valence-electron chi connectivity index (χ3n) is 3.50. The summed E-state index contributed by atoms with van der Waals surface area (Å²) in [5.41, 5.74) is 0.665. The molecule has 132 valence electrons. The molecule has 0 radical (unpaired) electrons. The molecular weight excluding hydrogens is 330 g/mol. The van der Waals surface area contributed by atoms with Gasteiger partial charge in [-0.1, -0.05) is 0 Å². The van der Waals surface area contributed by atoms with Crippen LogP contribution in [0.1, 0.15) is 24.8 Å². The van der Waals surface area contributed by atoms with Gasteiger partial charge in [-0.2, -0.15) is 4.57 Å². The van der Waals surface area contributed by atoms with E-state index in [2.05, 4.69) is 0 Å². The van der Waals surface area contributed by atoms with Crippen LogP contribution in [0, 0.1) is 10.1 Å². The maximum absolute atomic E-state index is 11.7. The van der Waals surface area contributed by atoms with Crippen molar-refractivity contribution in [2.75, 3.05) is 0 Å². The van der Waals surface area contributed by atoms with E-state index in [0.717, 1.165) is 4.57 Å². The molecule has 9 nitrogen and oxygen atoms in total. The Kier molecular flexibility index (Phi) is 6.21. The number of rotatable bonds is 8. The number of unbranched alkanes of at least 4 members (excludes halogenated alkanes) is 1. The van der Waals surface area contributed by atoms with Gasteiger partial charge in [0.2, 0.25) is 12.4 Å². The topological polar surface area (TPSA) is 118 Å². The lowest BCUT2D eigenvalue weighted by Crippen LogP contribution is -2.34. The molecule has 0 atom stereocenters. The predicted molar refractivity (Wildman–Crippen MR) is 82.2 cm³/mol. The number of esters is 1. The Balaban J connectivity index is 1.65. The normalized spacial score (nSPS) is 10.4. The van der Waals surface area contributed by atoms with Gasteiger partial charge in [0.25, 0.3) is 5.69 Å². The number of benzene rings is 1. The third-order valence-corrected chi connectivity index (χ3v) is 3.50. The first-order valence-corrected chi connectivity index (χ1v) is 7.63. The summed E-state index contributed by atoms with van der Waals surface area (Å²) in [5, 5.41) is 21.2. The number of aromatic nitrogens is 2. The second-order valence-corrected chi connectivity index (χ2v) is 5.37. The Hall–Kier alpha value is -3.23. The second kappa shape index (κ2) is 8.57. The summed E-state index contributed by atoms with van der Waals surface area (Å²) in [5.74, 6) is -0.351. The third kappa shape index (κ3) is 5.72. The van der Waals surface area contributed by atoms with Gasteiger partial charge in [-0.3, -0.25) is 14.9 Å². The summed E-state index contributed by atoms with van der Waals surface area (Å²) in [7, 11) is 0. The molecule has 1 heterocycles. The molecule has 0 aliphatic rings. The second-order valence-electron chi connectivity index (χ2n) is 5.37. The zero-order chi connectivity index (χ0) is 18.2. The quantitative estimate of drug-likeness (QED) is 0.229. The van der Waals surface area contributed by atoms with Gasteiger partial charge in [0.15, 0.2) is 0 Å².